The van der Waals surface area contributed by atoms with Crippen LogP contribution in [0.2, 0.25) is 0 Å². The van der Waals surface area contributed by atoms with Crippen molar-refractivity contribution in [3.63, 3.8) is 0 Å². The second-order valence-electron chi connectivity index (χ2n) is 29.0. The van der Waals surface area contributed by atoms with E-state index in [1.807, 2.05) is 86.9 Å². The number of nitrogens with one attached hydrogen (secondary N) is 4. The fourth-order valence-electron chi connectivity index (χ4n) is 13.3. The zero-order valence-corrected chi connectivity index (χ0v) is 68.9. The fraction of sp³-hybridized carbons (Fsp3) is 0.494. The second kappa shape index (κ2) is 49.0. The van der Waals surface area contributed by atoms with Crippen molar-refractivity contribution < 1.29 is 110 Å². The van der Waals surface area contributed by atoms with Crippen molar-refractivity contribution >= 4 is 76.6 Å². The SMILES string of the molecule is COc1cc2c(cc1OCCCCCOc1cc3c(cc1OC)C(=O)N1C=C(C)C[C@H]1[C@H](O)N3C(=O)OCc1ccc(NC(=O)[C@H](C)NC(=O)[C@@H](NC(=O)CCOCCOCCOCCOCCOCCOCCOCCOCCNC(=O)CCN3C(=O)CC(C4=C/C=C\C=C/C=C\C=C/C=C\4)C3=O)C(C)C)cc1)N=C[C@@H]1CC(C)=CN1C2=O. The molecule has 9 amide bonds. The van der Waals surface area contributed by atoms with Gasteiger partial charge in [-0.2, -0.15) is 0 Å². The van der Waals surface area contributed by atoms with Gasteiger partial charge in [0.05, 0.1) is 174 Å². The molecule has 0 saturated carbocycles. The number of imide groups is 1. The Morgan fingerprint density at radius 2 is 1.09 bits per heavy atom. The molecule has 1 fully saturated rings. The molecule has 1 unspecified atom stereocenters. The summed E-state index contributed by atoms with van der Waals surface area (Å²) < 4.78 is 73.9. The lowest BCUT2D eigenvalue weighted by molar-refractivity contribution is -0.139. The van der Waals surface area contributed by atoms with E-state index in [0.717, 1.165) is 28.0 Å². The molecule has 0 radical (unpaired) electrons. The van der Waals surface area contributed by atoms with Gasteiger partial charge in [-0.15, -0.1) is 0 Å². The molecule has 3 aromatic rings. The van der Waals surface area contributed by atoms with Crippen molar-refractivity contribution in [3.05, 3.63) is 161 Å². The molecule has 0 aromatic heterocycles. The molecule has 6 aliphatic rings. The third-order valence-electron chi connectivity index (χ3n) is 19.7. The van der Waals surface area contributed by atoms with Crippen LogP contribution in [0.4, 0.5) is 21.9 Å². The Balaban J connectivity index is 0.564. The highest BCUT2D eigenvalue weighted by molar-refractivity contribution is 6.08. The topological polar surface area (TPSA) is 367 Å². The minimum absolute atomic E-state index is 0.00422. The number of aliphatic imine (C=N–C) groups is 1. The Labute approximate surface area is 694 Å². The monoisotopic (exact) mass is 1650 g/mol. The fourth-order valence-corrected chi connectivity index (χ4v) is 13.3. The third-order valence-corrected chi connectivity index (χ3v) is 19.7. The second-order valence-corrected chi connectivity index (χ2v) is 29.0. The van der Waals surface area contributed by atoms with Crippen molar-refractivity contribution in [3.8, 4) is 23.0 Å². The summed E-state index contributed by atoms with van der Waals surface area (Å²) in [7, 11) is 2.96. The van der Waals surface area contributed by atoms with E-state index in [1.165, 1.54) is 43.1 Å². The summed E-state index contributed by atoms with van der Waals surface area (Å²) in [5.41, 5.74) is 4.63. The lowest BCUT2D eigenvalue weighted by Gasteiger charge is -2.31. The predicted molar refractivity (Wildman–Crippen MR) is 441 cm³/mol. The number of unbranched alkanes of at least 4 members (excludes halogenated alkanes) is 2. The van der Waals surface area contributed by atoms with Gasteiger partial charge in [0.1, 0.15) is 18.7 Å². The van der Waals surface area contributed by atoms with Gasteiger partial charge in [-0.05, 0) is 94.2 Å². The Bertz CT molecular complexity index is 4230. The number of ether oxygens (including phenoxy) is 13. The molecule has 644 valence electrons. The molecule has 5 aliphatic heterocycles. The average molecular weight is 1650 g/mol. The molecule has 5 heterocycles. The normalized spacial score (nSPS) is 19.7. The van der Waals surface area contributed by atoms with E-state index in [-0.39, 0.29) is 130 Å². The zero-order chi connectivity index (χ0) is 84.8. The summed E-state index contributed by atoms with van der Waals surface area (Å²) in [4.78, 5) is 130. The molecule has 1 aliphatic carbocycles. The van der Waals surface area contributed by atoms with Gasteiger partial charge in [-0.1, -0.05) is 104 Å². The maximum absolute atomic E-state index is 14.3. The average Bonchev–Trinajstić information content (AvgIpc) is 1.61. The van der Waals surface area contributed by atoms with Crippen LogP contribution in [0.1, 0.15) is 112 Å². The highest BCUT2D eigenvalue weighted by atomic mass is 16.6. The van der Waals surface area contributed by atoms with E-state index in [9.17, 15) is 48.3 Å². The summed E-state index contributed by atoms with van der Waals surface area (Å²) in [6.07, 6.45) is 26.3. The molecule has 0 bridgehead atoms. The first kappa shape index (κ1) is 92.2. The first-order valence-corrected chi connectivity index (χ1v) is 40.4. The van der Waals surface area contributed by atoms with Gasteiger partial charge in [0.25, 0.3) is 11.8 Å². The van der Waals surface area contributed by atoms with Crippen LogP contribution in [0.15, 0.2) is 149 Å². The Kier molecular flexibility index (Phi) is 38.0. The summed E-state index contributed by atoms with van der Waals surface area (Å²) in [6.45, 7) is 14.8. The minimum atomic E-state index is -1.53. The molecule has 5 N–H and O–H groups in total. The number of hydrogen-bond donors (Lipinski definition) is 5. The van der Waals surface area contributed by atoms with E-state index < -0.39 is 60.0 Å². The molecule has 9 rings (SSSR count). The molecule has 32 heteroatoms. The molecule has 32 nitrogen and oxygen atoms in total. The first-order valence-electron chi connectivity index (χ1n) is 40.4. The zero-order valence-electron chi connectivity index (χ0n) is 68.9. The molecule has 119 heavy (non-hydrogen) atoms. The van der Waals surface area contributed by atoms with E-state index >= 15 is 0 Å². The van der Waals surface area contributed by atoms with Crippen molar-refractivity contribution in [2.24, 2.45) is 16.8 Å². The maximum Gasteiger partial charge on any atom is 0.416 e. The summed E-state index contributed by atoms with van der Waals surface area (Å²) >= 11 is 0. The van der Waals surface area contributed by atoms with Gasteiger partial charge in [-0.25, -0.2) is 9.69 Å². The van der Waals surface area contributed by atoms with Crippen LogP contribution in [-0.4, -0.2) is 256 Å². The Morgan fingerprint density at radius 1 is 0.555 bits per heavy atom. The minimum Gasteiger partial charge on any atom is -0.493 e. The van der Waals surface area contributed by atoms with Gasteiger partial charge < -0.3 is 97.8 Å². The quantitative estimate of drug-likeness (QED) is 0.0261. The number of carbonyl (C=O) groups is 9. The van der Waals surface area contributed by atoms with Crippen molar-refractivity contribution in [1.29, 1.82) is 0 Å². The van der Waals surface area contributed by atoms with Crippen LogP contribution in [0.25, 0.3) is 0 Å². The number of anilines is 2. The highest BCUT2D eigenvalue weighted by Gasteiger charge is 2.46. The molecule has 1 saturated heterocycles. The predicted octanol–water partition coefficient (Wildman–Crippen LogP) is 8.47. The van der Waals surface area contributed by atoms with Crippen LogP contribution in [-0.2, 0) is 78.0 Å². The number of likely N-dealkylation sites (tertiary alicyclic amines) is 1. The number of aliphatic hydroxyl groups excluding tert-OH is 1. The summed E-state index contributed by atoms with van der Waals surface area (Å²) in [5.74, 6) is -2.57. The Morgan fingerprint density at radius 3 is 1.69 bits per heavy atom. The molecular weight excluding hydrogens is 1540 g/mol. The number of fused-ring (bicyclic) bond motifs is 4. The van der Waals surface area contributed by atoms with Gasteiger partial charge in [0.2, 0.25) is 35.4 Å². The number of carbonyl (C=O) groups excluding carboxylic acids is 9. The van der Waals surface area contributed by atoms with Crippen LogP contribution >= 0.6 is 0 Å². The summed E-state index contributed by atoms with van der Waals surface area (Å²) in [5, 5.41) is 22.9. The van der Waals surface area contributed by atoms with Crippen molar-refractivity contribution in [2.45, 2.75) is 123 Å². The van der Waals surface area contributed by atoms with Crippen LogP contribution < -0.4 is 45.1 Å². The molecule has 3 aromatic carbocycles. The lowest BCUT2D eigenvalue weighted by atomic mass is 9.96. The van der Waals surface area contributed by atoms with Crippen molar-refractivity contribution in [2.75, 3.05) is 156 Å². The number of allylic oxidation sites excluding steroid dienone is 11. The molecular formula is C87H113N9O23. The first-order chi connectivity index (χ1) is 57.7. The molecule has 6 atom stereocenters. The smallest absolute Gasteiger partial charge is 0.416 e. The standard InChI is InChI=1S/C87H113N9O23/c1-59(2)80(92-78(98)27-32-109-34-36-111-38-40-113-42-44-115-46-47-116-45-43-114-41-39-112-37-35-110-33-28-88-77(97)26-29-93-79(99)52-67(83(93)102)64-20-16-13-11-9-8-10-12-14-17-21-64)82(101)90-62(5)81(100)91-65-24-22-63(23-25-65)58-119-87(106)96-71-54-76(74(108-7)51-69(71)85(104)95-57-61(4)49-72(95)86(96)105)118-31-19-15-18-30-117-75-53-70-68(50-73(75)107-6)84(103)94-56-60(3)48-66(94)55-89-70/h8-14,16-17,20-25,50-51,53-57,59,62,66-67,72,80,86,105H,15,18-19,26-49,52,58H2,1-7H3,(H,88,97)(H,90,101)(H,91,100)(H,92,98)/b9-8-,10-8?,11-9?,12-10-,13-11-,14-12?,16-13?,17-14-,20-16-,21-17?,64-20?,64-21+/t62-,66-,67?,72-,80-,86-/m0/s1. The Hall–Kier alpha value is -10.7. The van der Waals surface area contributed by atoms with E-state index in [1.54, 1.807) is 67.6 Å². The lowest BCUT2D eigenvalue weighted by Crippen LogP contribution is -2.53. The van der Waals surface area contributed by atoms with Gasteiger partial charge in [0, 0.05) is 68.8 Å². The van der Waals surface area contributed by atoms with Crippen LogP contribution in [0.3, 0.4) is 0 Å². The maximum atomic E-state index is 14.3. The molecule has 0 spiro atoms. The number of amides is 9. The number of aliphatic hydroxyl groups is 1. The number of hydrogen-bond acceptors (Lipinski definition) is 24. The third kappa shape index (κ3) is 28.5. The van der Waals surface area contributed by atoms with Gasteiger partial charge in [-0.3, -0.25) is 48.2 Å². The van der Waals surface area contributed by atoms with Crippen LogP contribution in [0.5, 0.6) is 23.0 Å². The van der Waals surface area contributed by atoms with E-state index in [0.29, 0.717) is 146 Å². The largest absolute Gasteiger partial charge is 0.493 e. The van der Waals surface area contributed by atoms with Gasteiger partial charge in [0.15, 0.2) is 29.2 Å². The van der Waals surface area contributed by atoms with Crippen LogP contribution in [0, 0.1) is 11.8 Å². The van der Waals surface area contributed by atoms with Gasteiger partial charge >= 0.3 is 6.09 Å². The number of methoxy groups -OCH3 is 2. The van der Waals surface area contributed by atoms with E-state index in [2.05, 4.69) is 26.3 Å². The van der Waals surface area contributed by atoms with Crippen molar-refractivity contribution in [1.82, 2.24) is 30.7 Å². The highest BCUT2D eigenvalue weighted by Crippen LogP contribution is 2.43. The number of rotatable bonds is 49. The number of nitrogens with zero attached hydrogens (tertiary/aromatic N) is 5. The number of benzene rings is 3. The summed E-state index contributed by atoms with van der Waals surface area (Å²) in [6, 6.07) is 9.92. The van der Waals surface area contributed by atoms with E-state index in [4.69, 9.17) is 61.6 Å².